The Bertz CT molecular complexity index is 1370. The molecule has 0 radical (unpaired) electrons. The van der Waals surface area contributed by atoms with Gasteiger partial charge in [0.2, 0.25) is 5.91 Å². The van der Waals surface area contributed by atoms with Crippen molar-refractivity contribution in [3.05, 3.63) is 63.3 Å². The van der Waals surface area contributed by atoms with Crippen molar-refractivity contribution in [2.45, 2.75) is 52.1 Å². The van der Waals surface area contributed by atoms with Gasteiger partial charge in [-0.1, -0.05) is 35.5 Å². The molecule has 3 N–H and O–H groups in total. The number of anilines is 1. The molecule has 3 aromatic rings. The molecule has 1 aromatic carbocycles. The van der Waals surface area contributed by atoms with Gasteiger partial charge >= 0.3 is 5.97 Å². The summed E-state index contributed by atoms with van der Waals surface area (Å²) in [6, 6.07) is 5.48. The van der Waals surface area contributed by atoms with Gasteiger partial charge in [0.1, 0.15) is 17.4 Å². The molecular weight excluding hydrogens is 550 g/mol. The summed E-state index contributed by atoms with van der Waals surface area (Å²) in [6.07, 6.45) is 1.30. The minimum atomic E-state index is -0.694. The number of allylic oxidation sites excluding steroid dienone is 1. The lowest BCUT2D eigenvalue weighted by Crippen LogP contribution is -2.18. The monoisotopic (exact) mass is 577 g/mol. The van der Waals surface area contributed by atoms with Crippen LogP contribution in [0.3, 0.4) is 0 Å². The molecule has 0 aliphatic rings. The number of rotatable bonds is 12. The Morgan fingerprint density at radius 2 is 2.03 bits per heavy atom. The number of nitrogens with two attached hydrogens (primary N) is 1. The number of halogens is 1. The van der Waals surface area contributed by atoms with E-state index in [0.29, 0.717) is 33.9 Å². The number of ether oxygens (including phenoxy) is 2. The number of amides is 2. The maximum Gasteiger partial charge on any atom is 0.341 e. The molecule has 0 aliphatic heterocycles. The first-order chi connectivity index (χ1) is 18.0. The first-order valence-corrected chi connectivity index (χ1v) is 13.7. The molecule has 202 valence electrons. The van der Waals surface area contributed by atoms with Crippen LogP contribution in [0.25, 0.3) is 0 Å². The molecule has 0 saturated heterocycles. The number of carbonyl (C=O) groups excluding carboxylic acids is 3. The van der Waals surface area contributed by atoms with Gasteiger partial charge in [0, 0.05) is 6.54 Å². The third kappa shape index (κ3) is 7.15. The second-order valence-electron chi connectivity index (χ2n) is 8.44. The van der Waals surface area contributed by atoms with Crippen molar-refractivity contribution in [1.82, 2.24) is 14.8 Å². The Balaban J connectivity index is 1.72. The quantitative estimate of drug-likeness (QED) is 0.178. The SMILES string of the molecule is C=CCn1c(COc2cc(C)ccc2Cl)nnc1SCC(=O)Nc1sc(C(N)=O)c(C)c1C(=O)OC(C)C. The predicted molar refractivity (Wildman–Crippen MR) is 148 cm³/mol. The molecule has 0 fully saturated rings. The summed E-state index contributed by atoms with van der Waals surface area (Å²) >= 11 is 8.30. The number of carbonyl (C=O) groups is 3. The molecule has 3 rings (SSSR count). The molecular formula is C25H28ClN5O5S2. The second-order valence-corrected chi connectivity index (χ2v) is 10.8. The van der Waals surface area contributed by atoms with Crippen molar-refractivity contribution in [3.8, 4) is 5.75 Å². The summed E-state index contributed by atoms with van der Waals surface area (Å²) in [6.45, 7) is 11.2. The summed E-state index contributed by atoms with van der Waals surface area (Å²) < 4.78 is 12.9. The number of aryl methyl sites for hydroxylation is 1. The van der Waals surface area contributed by atoms with Crippen LogP contribution in [0, 0.1) is 13.8 Å². The molecule has 2 aromatic heterocycles. The fourth-order valence-corrected chi connectivity index (χ4v) is 5.36. The highest BCUT2D eigenvalue weighted by Gasteiger charge is 2.26. The predicted octanol–water partition coefficient (Wildman–Crippen LogP) is 4.77. The van der Waals surface area contributed by atoms with Crippen molar-refractivity contribution in [3.63, 3.8) is 0 Å². The normalized spacial score (nSPS) is 10.9. The van der Waals surface area contributed by atoms with Gasteiger partial charge in [-0.25, -0.2) is 4.79 Å². The van der Waals surface area contributed by atoms with E-state index in [2.05, 4.69) is 22.1 Å². The van der Waals surface area contributed by atoms with E-state index >= 15 is 0 Å². The number of esters is 1. The standard InChI is InChI=1S/C25H28ClN5O5S2/c1-6-9-31-18(11-35-17-10-14(4)7-8-16(17)26)29-30-25(31)37-12-19(32)28-23-20(24(34)36-13(2)3)15(5)21(38-23)22(27)33/h6-8,10,13H,1,9,11-12H2,2-5H3,(H2,27,33)(H,28,32). The Morgan fingerprint density at radius 3 is 2.68 bits per heavy atom. The Hall–Kier alpha value is -3.35. The molecule has 10 nitrogen and oxygen atoms in total. The summed E-state index contributed by atoms with van der Waals surface area (Å²) in [4.78, 5) is 37.5. The molecule has 38 heavy (non-hydrogen) atoms. The first kappa shape index (κ1) is 29.2. The smallest absolute Gasteiger partial charge is 0.341 e. The molecule has 0 unspecified atom stereocenters. The van der Waals surface area contributed by atoms with E-state index in [1.165, 1.54) is 0 Å². The maximum atomic E-state index is 12.8. The van der Waals surface area contributed by atoms with Crippen LogP contribution in [-0.2, 0) is 22.7 Å². The zero-order valence-electron chi connectivity index (χ0n) is 21.4. The van der Waals surface area contributed by atoms with Crippen LogP contribution in [-0.4, -0.2) is 44.4 Å². The average Bonchev–Trinajstić information content (AvgIpc) is 3.38. The third-order valence-corrected chi connectivity index (χ3v) is 7.55. The number of thiophene rings is 1. The molecule has 0 spiro atoms. The van der Waals surface area contributed by atoms with Crippen LogP contribution in [0.5, 0.6) is 5.75 Å². The molecule has 2 heterocycles. The fraction of sp³-hybridized carbons (Fsp3) is 0.320. The van der Waals surface area contributed by atoms with Crippen molar-refractivity contribution < 1.29 is 23.9 Å². The zero-order valence-corrected chi connectivity index (χ0v) is 23.8. The van der Waals surface area contributed by atoms with Crippen LogP contribution < -0.4 is 15.8 Å². The highest BCUT2D eigenvalue weighted by molar-refractivity contribution is 7.99. The molecule has 13 heteroatoms. The molecule has 0 bridgehead atoms. The lowest BCUT2D eigenvalue weighted by Gasteiger charge is -2.11. The van der Waals surface area contributed by atoms with Gasteiger partial charge in [-0.2, -0.15) is 0 Å². The van der Waals surface area contributed by atoms with E-state index in [0.717, 1.165) is 28.7 Å². The van der Waals surface area contributed by atoms with Crippen LogP contribution >= 0.6 is 34.7 Å². The summed E-state index contributed by atoms with van der Waals surface area (Å²) in [5.41, 5.74) is 6.92. The lowest BCUT2D eigenvalue weighted by molar-refractivity contribution is -0.113. The van der Waals surface area contributed by atoms with E-state index in [1.54, 1.807) is 37.5 Å². The number of nitrogens with one attached hydrogen (secondary N) is 1. The van der Waals surface area contributed by atoms with Crippen LogP contribution in [0.2, 0.25) is 5.02 Å². The Kier molecular flexibility index (Phi) is 9.95. The van der Waals surface area contributed by atoms with Gasteiger partial charge in [-0.15, -0.1) is 28.1 Å². The molecule has 0 saturated carbocycles. The largest absolute Gasteiger partial charge is 0.484 e. The number of benzene rings is 1. The molecule has 2 amide bonds. The van der Waals surface area contributed by atoms with E-state index in [1.807, 2.05) is 19.1 Å². The van der Waals surface area contributed by atoms with Gasteiger partial charge in [0.25, 0.3) is 5.91 Å². The topological polar surface area (TPSA) is 138 Å². The summed E-state index contributed by atoms with van der Waals surface area (Å²) in [5, 5.41) is 12.2. The molecule has 0 atom stereocenters. The van der Waals surface area contributed by atoms with Crippen molar-refractivity contribution in [1.29, 1.82) is 0 Å². The van der Waals surface area contributed by atoms with Crippen molar-refractivity contribution in [2.75, 3.05) is 11.1 Å². The zero-order chi connectivity index (χ0) is 28.0. The van der Waals surface area contributed by atoms with Crippen LogP contribution in [0.15, 0.2) is 36.0 Å². The fourth-order valence-electron chi connectivity index (χ4n) is 3.36. The number of thioether (sulfide) groups is 1. The highest BCUT2D eigenvalue weighted by Crippen LogP contribution is 2.34. The van der Waals surface area contributed by atoms with Crippen molar-refractivity contribution in [2.24, 2.45) is 5.73 Å². The maximum absolute atomic E-state index is 12.8. The average molecular weight is 578 g/mol. The van der Waals surface area contributed by atoms with Gasteiger partial charge in [-0.3, -0.25) is 14.2 Å². The molecule has 0 aliphatic carbocycles. The Labute approximate surface area is 233 Å². The third-order valence-electron chi connectivity index (χ3n) is 5.05. The van der Waals surface area contributed by atoms with E-state index in [-0.39, 0.29) is 33.9 Å². The van der Waals surface area contributed by atoms with E-state index in [9.17, 15) is 14.4 Å². The van der Waals surface area contributed by atoms with Gasteiger partial charge in [0.05, 0.1) is 27.3 Å². The number of primary amides is 1. The number of hydrogen-bond acceptors (Lipinski definition) is 9. The van der Waals surface area contributed by atoms with Gasteiger partial charge in [0.15, 0.2) is 11.0 Å². The second kappa shape index (κ2) is 12.9. The van der Waals surface area contributed by atoms with Crippen LogP contribution in [0.1, 0.15) is 50.8 Å². The Morgan fingerprint density at radius 1 is 1.29 bits per heavy atom. The van der Waals surface area contributed by atoms with Crippen molar-refractivity contribution >= 4 is 57.5 Å². The number of nitrogens with zero attached hydrogens (tertiary/aromatic N) is 3. The summed E-state index contributed by atoms with van der Waals surface area (Å²) in [5.74, 6) is -0.732. The van der Waals surface area contributed by atoms with Gasteiger partial charge < -0.3 is 20.5 Å². The highest BCUT2D eigenvalue weighted by atomic mass is 35.5. The van der Waals surface area contributed by atoms with E-state index < -0.39 is 17.8 Å². The number of aromatic nitrogens is 3. The number of hydrogen-bond donors (Lipinski definition) is 2. The van der Waals surface area contributed by atoms with Crippen LogP contribution in [0.4, 0.5) is 5.00 Å². The lowest BCUT2D eigenvalue weighted by atomic mass is 10.1. The minimum absolute atomic E-state index is 0.0403. The van der Waals surface area contributed by atoms with E-state index in [4.69, 9.17) is 26.8 Å². The minimum Gasteiger partial charge on any atom is -0.484 e. The van der Waals surface area contributed by atoms with Gasteiger partial charge in [-0.05, 0) is 51.0 Å². The first-order valence-electron chi connectivity index (χ1n) is 11.5. The summed E-state index contributed by atoms with van der Waals surface area (Å²) in [7, 11) is 0.